The minimum atomic E-state index is -0.0504. The van der Waals surface area contributed by atoms with Gasteiger partial charge in [0.05, 0.1) is 18.6 Å². The van der Waals surface area contributed by atoms with Crippen LogP contribution in [0.25, 0.3) is 0 Å². The Morgan fingerprint density at radius 2 is 2.33 bits per heavy atom. The molecule has 0 aliphatic heterocycles. The molecule has 0 fully saturated rings. The Bertz CT molecular complexity index is 590. The number of aromatic nitrogens is 1. The number of methoxy groups -OCH3 is 1. The quantitative estimate of drug-likeness (QED) is 0.847. The Balaban J connectivity index is 1.77. The predicted molar refractivity (Wildman–Crippen MR) is 82.5 cm³/mol. The molecule has 0 saturated heterocycles. The molecule has 1 amide bonds. The maximum Gasteiger partial charge on any atom is 0.230 e. The van der Waals surface area contributed by atoms with Crippen LogP contribution in [0.15, 0.2) is 35.1 Å². The first-order valence-corrected chi connectivity index (χ1v) is 7.78. The summed E-state index contributed by atoms with van der Waals surface area (Å²) in [6, 6.07) is 7.09. The largest absolute Gasteiger partial charge is 0.496 e. The Hall–Kier alpha value is -1.66. The minimum absolute atomic E-state index is 0.0504. The number of nitrogens with zero attached hydrogens (tertiary/aromatic N) is 1. The third kappa shape index (κ3) is 4.99. The molecule has 7 heteroatoms. The molecule has 0 spiro atoms. The summed E-state index contributed by atoms with van der Waals surface area (Å²) >= 11 is 7.42. The fraction of sp³-hybridized carbons (Fsp3) is 0.286. The van der Waals surface area contributed by atoms with E-state index in [4.69, 9.17) is 20.9 Å². The Labute approximate surface area is 132 Å². The van der Waals surface area contributed by atoms with Crippen LogP contribution >= 0.6 is 23.4 Å². The van der Waals surface area contributed by atoms with Crippen LogP contribution in [0.1, 0.15) is 11.3 Å². The average Bonchev–Trinajstić information content (AvgIpc) is 2.98. The highest BCUT2D eigenvalue weighted by molar-refractivity contribution is 7.99. The zero-order valence-corrected chi connectivity index (χ0v) is 13.0. The molecule has 0 aliphatic carbocycles. The van der Waals surface area contributed by atoms with Gasteiger partial charge in [0.2, 0.25) is 5.91 Å². The minimum Gasteiger partial charge on any atom is -0.496 e. The van der Waals surface area contributed by atoms with Crippen molar-refractivity contribution < 1.29 is 14.1 Å². The smallest absolute Gasteiger partial charge is 0.230 e. The molecule has 21 heavy (non-hydrogen) atoms. The highest BCUT2D eigenvalue weighted by atomic mass is 35.5. The summed E-state index contributed by atoms with van der Waals surface area (Å²) in [5.41, 5.74) is 1.67. The second-order valence-electron chi connectivity index (χ2n) is 4.22. The maximum absolute atomic E-state index is 11.8. The number of hydrogen-bond donors (Lipinski definition) is 1. The van der Waals surface area contributed by atoms with Gasteiger partial charge in [0.1, 0.15) is 12.0 Å². The van der Waals surface area contributed by atoms with Gasteiger partial charge in [0.25, 0.3) is 0 Å². The molecule has 112 valence electrons. The van der Waals surface area contributed by atoms with Crippen LogP contribution < -0.4 is 10.1 Å². The van der Waals surface area contributed by atoms with Gasteiger partial charge in [-0.15, -0.1) is 11.8 Å². The van der Waals surface area contributed by atoms with Gasteiger partial charge in [-0.1, -0.05) is 16.8 Å². The molecule has 0 atom stereocenters. The second kappa shape index (κ2) is 7.95. The van der Waals surface area contributed by atoms with Crippen LogP contribution in [0.3, 0.4) is 0 Å². The van der Waals surface area contributed by atoms with Gasteiger partial charge in [0, 0.05) is 29.0 Å². The molecule has 1 N–H and O–H groups in total. The number of amides is 1. The summed E-state index contributed by atoms with van der Waals surface area (Å²) in [7, 11) is 1.59. The van der Waals surface area contributed by atoms with E-state index in [-0.39, 0.29) is 5.91 Å². The van der Waals surface area contributed by atoms with Crippen molar-refractivity contribution in [2.45, 2.75) is 12.3 Å². The summed E-state index contributed by atoms with van der Waals surface area (Å²) in [5, 5.41) is 7.23. The summed E-state index contributed by atoms with van der Waals surface area (Å²) in [4.78, 5) is 11.8. The van der Waals surface area contributed by atoms with E-state index in [9.17, 15) is 4.79 Å². The van der Waals surface area contributed by atoms with Crippen molar-refractivity contribution in [3.63, 3.8) is 0 Å². The van der Waals surface area contributed by atoms with Crippen LogP contribution in [0.5, 0.6) is 5.75 Å². The van der Waals surface area contributed by atoms with E-state index in [1.54, 1.807) is 31.4 Å². The highest BCUT2D eigenvalue weighted by Crippen LogP contribution is 2.22. The first-order valence-electron chi connectivity index (χ1n) is 6.25. The second-order valence-corrected chi connectivity index (χ2v) is 5.64. The van der Waals surface area contributed by atoms with E-state index in [0.717, 1.165) is 11.3 Å². The molecular weight excluding hydrogens is 312 g/mol. The highest BCUT2D eigenvalue weighted by Gasteiger charge is 2.07. The lowest BCUT2D eigenvalue weighted by Crippen LogP contribution is -2.24. The lowest BCUT2D eigenvalue weighted by molar-refractivity contribution is -0.118. The Morgan fingerprint density at radius 1 is 1.48 bits per heavy atom. The van der Waals surface area contributed by atoms with Crippen molar-refractivity contribution in [2.75, 3.05) is 12.9 Å². The molecule has 0 radical (unpaired) electrons. The van der Waals surface area contributed by atoms with Crippen LogP contribution in [0.4, 0.5) is 0 Å². The van der Waals surface area contributed by atoms with Crippen molar-refractivity contribution in [3.8, 4) is 5.75 Å². The Morgan fingerprint density at radius 3 is 3.05 bits per heavy atom. The van der Waals surface area contributed by atoms with Gasteiger partial charge in [0.15, 0.2) is 0 Å². The fourth-order valence-electron chi connectivity index (χ4n) is 1.69. The summed E-state index contributed by atoms with van der Waals surface area (Å²) in [5.74, 6) is 1.65. The molecule has 1 aromatic heterocycles. The molecule has 5 nitrogen and oxygen atoms in total. The Kier molecular flexibility index (Phi) is 5.95. The molecule has 2 rings (SSSR count). The normalized spacial score (nSPS) is 10.4. The SMILES string of the molecule is COc1ccc(Cl)cc1CNC(=O)CSCc1ccon1. The van der Waals surface area contributed by atoms with Gasteiger partial charge in [-0.3, -0.25) is 4.79 Å². The van der Waals surface area contributed by atoms with Crippen molar-refractivity contribution in [2.24, 2.45) is 0 Å². The average molecular weight is 327 g/mol. The summed E-state index contributed by atoms with van der Waals surface area (Å²) in [6.45, 7) is 0.382. The number of hydrogen-bond acceptors (Lipinski definition) is 5. The number of carbonyl (C=O) groups is 1. The lowest BCUT2D eigenvalue weighted by Gasteiger charge is -2.10. The van der Waals surface area contributed by atoms with E-state index in [1.165, 1.54) is 18.0 Å². The first kappa shape index (κ1) is 15.7. The topological polar surface area (TPSA) is 64.4 Å². The van der Waals surface area contributed by atoms with Crippen LogP contribution in [-0.4, -0.2) is 23.9 Å². The van der Waals surface area contributed by atoms with E-state index < -0.39 is 0 Å². The van der Waals surface area contributed by atoms with Gasteiger partial charge < -0.3 is 14.6 Å². The van der Waals surface area contributed by atoms with Gasteiger partial charge in [-0.25, -0.2) is 0 Å². The molecule has 0 saturated carbocycles. The zero-order chi connectivity index (χ0) is 15.1. The third-order valence-electron chi connectivity index (χ3n) is 2.69. The maximum atomic E-state index is 11.8. The van der Waals surface area contributed by atoms with Crippen LogP contribution in [-0.2, 0) is 17.1 Å². The molecule has 1 heterocycles. The summed E-state index contributed by atoms with van der Waals surface area (Å²) < 4.78 is 9.95. The predicted octanol–water partition coefficient (Wildman–Crippen LogP) is 2.89. The van der Waals surface area contributed by atoms with E-state index in [2.05, 4.69) is 10.5 Å². The van der Waals surface area contributed by atoms with Crippen LogP contribution in [0, 0.1) is 0 Å². The van der Waals surface area contributed by atoms with E-state index in [0.29, 0.717) is 28.8 Å². The fourth-order valence-corrected chi connectivity index (χ4v) is 2.63. The monoisotopic (exact) mass is 326 g/mol. The molecular formula is C14H15ClN2O3S. The van der Waals surface area contributed by atoms with E-state index in [1.807, 2.05) is 0 Å². The number of rotatable bonds is 7. The number of ether oxygens (including phenoxy) is 1. The lowest BCUT2D eigenvalue weighted by atomic mass is 10.2. The van der Waals surface area contributed by atoms with Crippen molar-refractivity contribution in [1.29, 1.82) is 0 Å². The standard InChI is InChI=1S/C14H15ClN2O3S/c1-19-13-3-2-11(15)6-10(13)7-16-14(18)9-21-8-12-4-5-20-17-12/h2-6H,7-9H2,1H3,(H,16,18). The van der Waals surface area contributed by atoms with E-state index >= 15 is 0 Å². The zero-order valence-electron chi connectivity index (χ0n) is 11.5. The number of nitrogens with one attached hydrogen (secondary N) is 1. The molecule has 0 unspecified atom stereocenters. The van der Waals surface area contributed by atoms with Gasteiger partial charge in [-0.05, 0) is 18.2 Å². The van der Waals surface area contributed by atoms with Crippen molar-refractivity contribution in [3.05, 3.63) is 46.8 Å². The first-order chi connectivity index (χ1) is 10.2. The van der Waals surface area contributed by atoms with Gasteiger partial charge >= 0.3 is 0 Å². The van der Waals surface area contributed by atoms with Gasteiger partial charge in [-0.2, -0.15) is 0 Å². The third-order valence-corrected chi connectivity index (χ3v) is 3.89. The molecule has 2 aromatic rings. The van der Waals surface area contributed by atoms with Crippen molar-refractivity contribution in [1.82, 2.24) is 10.5 Å². The number of halogens is 1. The molecule has 1 aromatic carbocycles. The number of carbonyl (C=O) groups excluding carboxylic acids is 1. The number of thioether (sulfide) groups is 1. The summed E-state index contributed by atoms with van der Waals surface area (Å²) in [6.07, 6.45) is 1.52. The molecule has 0 aliphatic rings. The molecule has 0 bridgehead atoms. The number of benzene rings is 1. The van der Waals surface area contributed by atoms with Crippen LogP contribution in [0.2, 0.25) is 5.02 Å². The van der Waals surface area contributed by atoms with Crippen molar-refractivity contribution >= 4 is 29.3 Å².